The molecular weight excluding hydrogens is 504 g/mol. The Morgan fingerprint density at radius 1 is 1.00 bits per heavy atom. The van der Waals surface area contributed by atoms with Gasteiger partial charge in [0, 0.05) is 17.1 Å². The van der Waals surface area contributed by atoms with Crippen molar-refractivity contribution in [1.82, 2.24) is 5.32 Å². The molecule has 37 heavy (non-hydrogen) atoms. The highest BCUT2D eigenvalue weighted by atomic mass is 35.5. The van der Waals surface area contributed by atoms with Crippen molar-refractivity contribution in [2.75, 3.05) is 23.0 Å². The summed E-state index contributed by atoms with van der Waals surface area (Å²) < 4.78 is 5.98. The second kappa shape index (κ2) is 13.4. The molecule has 0 aromatic heterocycles. The molecule has 0 fully saturated rings. The molecule has 0 saturated carbocycles. The number of fused-ring (bicyclic) bond motifs is 1. The SMILES string of the molecule is CCCCSCCCNC(=O)c1ccc(C=C2Oc3ccccc3N(Cc3ccc(Cl)cc3)C2=O)cc1. The Morgan fingerprint density at radius 2 is 1.73 bits per heavy atom. The molecule has 0 radical (unpaired) electrons. The lowest BCUT2D eigenvalue weighted by atomic mass is 10.1. The summed E-state index contributed by atoms with van der Waals surface area (Å²) in [6, 6.07) is 22.1. The molecule has 0 unspecified atom stereocenters. The molecule has 1 heterocycles. The minimum absolute atomic E-state index is 0.0918. The number of anilines is 1. The predicted octanol–water partition coefficient (Wildman–Crippen LogP) is 6.96. The van der Waals surface area contributed by atoms with E-state index in [9.17, 15) is 9.59 Å². The number of hydrogen-bond donors (Lipinski definition) is 1. The van der Waals surface area contributed by atoms with Crippen LogP contribution in [-0.4, -0.2) is 29.9 Å². The molecule has 5 nitrogen and oxygen atoms in total. The Kier molecular flexibility index (Phi) is 9.69. The minimum atomic E-state index is -0.229. The molecule has 0 saturated heterocycles. The van der Waals surface area contributed by atoms with Crippen molar-refractivity contribution in [2.24, 2.45) is 0 Å². The molecule has 3 aromatic rings. The van der Waals surface area contributed by atoms with Crippen LogP contribution in [0, 0.1) is 0 Å². The van der Waals surface area contributed by atoms with Crippen LogP contribution in [0.5, 0.6) is 5.75 Å². The third-order valence-corrected chi connectivity index (χ3v) is 7.36. The van der Waals surface area contributed by atoms with Crippen molar-refractivity contribution in [3.05, 3.63) is 100 Å². The number of nitrogens with one attached hydrogen (secondary N) is 1. The molecular formula is C30H31ClN2O3S. The highest BCUT2D eigenvalue weighted by Crippen LogP contribution is 2.36. The number of rotatable bonds is 11. The zero-order valence-electron chi connectivity index (χ0n) is 20.9. The van der Waals surface area contributed by atoms with E-state index < -0.39 is 0 Å². The van der Waals surface area contributed by atoms with Crippen LogP contribution in [0.3, 0.4) is 0 Å². The highest BCUT2D eigenvalue weighted by Gasteiger charge is 2.30. The number of amides is 2. The Hall–Kier alpha value is -3.22. The van der Waals surface area contributed by atoms with Crippen LogP contribution >= 0.6 is 23.4 Å². The smallest absolute Gasteiger partial charge is 0.294 e. The van der Waals surface area contributed by atoms with Gasteiger partial charge in [0.15, 0.2) is 11.5 Å². The monoisotopic (exact) mass is 534 g/mol. The van der Waals surface area contributed by atoms with Crippen LogP contribution < -0.4 is 15.0 Å². The Bertz CT molecular complexity index is 1240. The van der Waals surface area contributed by atoms with E-state index in [1.165, 1.54) is 18.6 Å². The lowest BCUT2D eigenvalue weighted by Gasteiger charge is -2.30. The fraction of sp³-hybridized carbons (Fsp3) is 0.267. The standard InChI is InChI=1S/C30H31ClN2O3S/c1-2-3-18-37-19-6-17-32-29(34)24-13-9-22(10-14-24)20-28-30(35)33(21-23-11-15-25(31)16-12-23)26-7-4-5-8-27(26)36-28/h4-5,7-16,20H,2-3,6,17-19,21H2,1H3,(H,32,34). The summed E-state index contributed by atoms with van der Waals surface area (Å²) in [6.07, 6.45) is 5.12. The second-order valence-electron chi connectivity index (χ2n) is 8.79. The molecule has 2 amide bonds. The van der Waals surface area contributed by atoms with E-state index in [-0.39, 0.29) is 17.6 Å². The third kappa shape index (κ3) is 7.40. The zero-order chi connectivity index (χ0) is 26.0. The first-order chi connectivity index (χ1) is 18.0. The van der Waals surface area contributed by atoms with Crippen molar-refractivity contribution in [2.45, 2.75) is 32.7 Å². The van der Waals surface area contributed by atoms with Crippen LogP contribution in [0.2, 0.25) is 5.02 Å². The normalized spacial score (nSPS) is 13.8. The van der Waals surface area contributed by atoms with Gasteiger partial charge in [0.1, 0.15) is 0 Å². The largest absolute Gasteiger partial charge is 0.449 e. The number of nitrogens with zero attached hydrogens (tertiary/aromatic N) is 1. The first-order valence-corrected chi connectivity index (χ1v) is 14.1. The first kappa shape index (κ1) is 26.8. The number of halogens is 1. The van der Waals surface area contributed by atoms with E-state index in [2.05, 4.69) is 12.2 Å². The average molecular weight is 535 g/mol. The Balaban J connectivity index is 1.42. The second-order valence-corrected chi connectivity index (χ2v) is 10.5. The van der Waals surface area contributed by atoms with Gasteiger partial charge in [-0.3, -0.25) is 14.5 Å². The maximum Gasteiger partial charge on any atom is 0.294 e. The van der Waals surface area contributed by atoms with Crippen LogP contribution in [0.1, 0.15) is 47.7 Å². The van der Waals surface area contributed by atoms with Gasteiger partial charge in [-0.2, -0.15) is 11.8 Å². The fourth-order valence-corrected chi connectivity index (χ4v) is 5.07. The van der Waals surface area contributed by atoms with E-state index >= 15 is 0 Å². The van der Waals surface area contributed by atoms with E-state index in [0.29, 0.717) is 29.4 Å². The van der Waals surface area contributed by atoms with Gasteiger partial charge in [-0.15, -0.1) is 0 Å². The van der Waals surface area contributed by atoms with Crippen molar-refractivity contribution in [1.29, 1.82) is 0 Å². The fourth-order valence-electron chi connectivity index (χ4n) is 3.90. The number of thioether (sulfide) groups is 1. The molecule has 4 rings (SSSR count). The maximum atomic E-state index is 13.4. The van der Waals surface area contributed by atoms with Crippen LogP contribution in [0.25, 0.3) is 6.08 Å². The molecule has 0 atom stereocenters. The average Bonchev–Trinajstić information content (AvgIpc) is 2.92. The first-order valence-electron chi connectivity index (χ1n) is 12.6. The molecule has 0 aliphatic carbocycles. The number of hydrogen-bond acceptors (Lipinski definition) is 4. The molecule has 3 aromatic carbocycles. The van der Waals surface area contributed by atoms with Gasteiger partial charge in [-0.25, -0.2) is 0 Å². The lowest BCUT2D eigenvalue weighted by molar-refractivity contribution is -0.117. The maximum absolute atomic E-state index is 13.4. The molecule has 0 spiro atoms. The molecule has 7 heteroatoms. The topological polar surface area (TPSA) is 58.6 Å². The molecule has 192 valence electrons. The van der Waals surface area contributed by atoms with Crippen molar-refractivity contribution in [3.63, 3.8) is 0 Å². The summed E-state index contributed by atoms with van der Waals surface area (Å²) in [5.41, 5.74) is 3.04. The van der Waals surface area contributed by atoms with E-state index in [1.54, 1.807) is 23.1 Å². The van der Waals surface area contributed by atoms with Gasteiger partial charge in [-0.05, 0) is 77.9 Å². The van der Waals surface area contributed by atoms with Crippen molar-refractivity contribution < 1.29 is 14.3 Å². The quantitative estimate of drug-likeness (QED) is 0.213. The van der Waals surface area contributed by atoms with Gasteiger partial charge >= 0.3 is 0 Å². The summed E-state index contributed by atoms with van der Waals surface area (Å²) in [5, 5.41) is 3.63. The summed E-state index contributed by atoms with van der Waals surface area (Å²) in [7, 11) is 0. The molecule has 1 aliphatic rings. The van der Waals surface area contributed by atoms with Crippen molar-refractivity contribution in [3.8, 4) is 5.75 Å². The summed E-state index contributed by atoms with van der Waals surface area (Å²) in [6.45, 7) is 3.25. The van der Waals surface area contributed by atoms with Gasteiger partial charge < -0.3 is 10.1 Å². The molecule has 1 aliphatic heterocycles. The van der Waals surface area contributed by atoms with E-state index in [0.717, 1.165) is 29.0 Å². The highest BCUT2D eigenvalue weighted by molar-refractivity contribution is 7.99. The summed E-state index contributed by atoms with van der Waals surface area (Å²) in [5.74, 6) is 2.76. The number of para-hydroxylation sites is 2. The Morgan fingerprint density at radius 3 is 2.49 bits per heavy atom. The van der Waals surface area contributed by atoms with Gasteiger partial charge in [0.2, 0.25) is 0 Å². The van der Waals surface area contributed by atoms with E-state index in [4.69, 9.17) is 16.3 Å². The summed E-state index contributed by atoms with van der Waals surface area (Å²) in [4.78, 5) is 27.6. The van der Waals surface area contributed by atoms with E-state index in [1.807, 2.05) is 72.4 Å². The van der Waals surface area contributed by atoms with Gasteiger partial charge in [0.05, 0.1) is 12.2 Å². The number of benzene rings is 3. The van der Waals surface area contributed by atoms with Crippen LogP contribution in [-0.2, 0) is 11.3 Å². The number of carbonyl (C=O) groups is 2. The third-order valence-electron chi connectivity index (χ3n) is 5.95. The Labute approximate surface area is 227 Å². The number of carbonyl (C=O) groups excluding carboxylic acids is 2. The van der Waals surface area contributed by atoms with Crippen LogP contribution in [0.4, 0.5) is 5.69 Å². The summed E-state index contributed by atoms with van der Waals surface area (Å²) >= 11 is 7.96. The predicted molar refractivity (Wildman–Crippen MR) is 153 cm³/mol. The van der Waals surface area contributed by atoms with Crippen molar-refractivity contribution >= 4 is 46.9 Å². The van der Waals surface area contributed by atoms with Gasteiger partial charge in [-0.1, -0.05) is 61.3 Å². The number of unbranched alkanes of at least 4 members (excludes halogenated alkanes) is 1. The molecule has 0 bridgehead atoms. The lowest BCUT2D eigenvalue weighted by Crippen LogP contribution is -2.36. The zero-order valence-corrected chi connectivity index (χ0v) is 22.5. The minimum Gasteiger partial charge on any atom is -0.449 e. The van der Waals surface area contributed by atoms with Gasteiger partial charge in [0.25, 0.3) is 11.8 Å². The number of ether oxygens (including phenoxy) is 1. The van der Waals surface area contributed by atoms with Crippen LogP contribution in [0.15, 0.2) is 78.6 Å². The molecule has 1 N–H and O–H groups in total.